The van der Waals surface area contributed by atoms with Gasteiger partial charge in [0.25, 0.3) is 0 Å². The summed E-state index contributed by atoms with van der Waals surface area (Å²) < 4.78 is 55.9. The van der Waals surface area contributed by atoms with Gasteiger partial charge in [-0.15, -0.1) is 0 Å². The number of nitrogens with zero attached hydrogens (tertiary/aromatic N) is 2. The fourth-order valence-corrected chi connectivity index (χ4v) is 3.84. The van der Waals surface area contributed by atoms with Crippen LogP contribution in [0.25, 0.3) is 10.9 Å². The molecule has 0 saturated heterocycles. The summed E-state index contributed by atoms with van der Waals surface area (Å²) in [6.45, 7) is 8.56. The monoisotopic (exact) mass is 578 g/mol. The predicted molar refractivity (Wildman–Crippen MR) is 143 cm³/mol. The lowest BCUT2D eigenvalue weighted by molar-refractivity contribution is -0.137. The van der Waals surface area contributed by atoms with Gasteiger partial charge in [0.15, 0.2) is 5.75 Å². The molecule has 3 aromatic rings. The van der Waals surface area contributed by atoms with Crippen molar-refractivity contribution in [1.29, 1.82) is 0 Å². The Morgan fingerprint density at radius 3 is 2.00 bits per heavy atom. The zero-order chi connectivity index (χ0) is 30.8. The number of aliphatic hydroxyl groups is 2. The van der Waals surface area contributed by atoms with Gasteiger partial charge in [0.2, 0.25) is 0 Å². The van der Waals surface area contributed by atoms with Crippen molar-refractivity contribution < 1.29 is 47.2 Å². The quantitative estimate of drug-likeness (QED) is 0.330. The van der Waals surface area contributed by atoms with Gasteiger partial charge in [0, 0.05) is 11.6 Å². The number of rotatable bonds is 6. The standard InChI is InChI=1S/C29H33F3N2O7/c1-27(2,3)40-25(37)34(26(38)41-28(4,5)6)15-17-14-22(39-19-11-9-18(10-12-19)29(30,31)32)24-20(8-7-13-33-24)23(17)21(36)16-35/h7-14,21,35-36H,15-16H2,1-6H3. The van der Waals surface area contributed by atoms with E-state index in [0.29, 0.717) is 10.3 Å². The van der Waals surface area contributed by atoms with E-state index in [2.05, 4.69) is 4.98 Å². The lowest BCUT2D eigenvalue weighted by atomic mass is 9.96. The number of amides is 2. The number of halogens is 3. The van der Waals surface area contributed by atoms with Gasteiger partial charge in [-0.05, 0) is 89.1 Å². The first-order chi connectivity index (χ1) is 18.9. The number of alkyl halides is 3. The summed E-state index contributed by atoms with van der Waals surface area (Å²) in [7, 11) is 0. The molecule has 12 heteroatoms. The molecular formula is C29H33F3N2O7. The first kappa shape index (κ1) is 31.6. The van der Waals surface area contributed by atoms with Gasteiger partial charge in [-0.2, -0.15) is 13.2 Å². The Bertz CT molecular complexity index is 1370. The Morgan fingerprint density at radius 2 is 1.51 bits per heavy atom. The average Bonchev–Trinajstić information content (AvgIpc) is 2.84. The molecule has 0 radical (unpaired) electrons. The molecule has 0 aliphatic rings. The van der Waals surface area contributed by atoms with Crippen LogP contribution in [0.3, 0.4) is 0 Å². The van der Waals surface area contributed by atoms with Crippen molar-refractivity contribution in [2.45, 2.75) is 71.6 Å². The van der Waals surface area contributed by atoms with Crippen LogP contribution < -0.4 is 4.74 Å². The van der Waals surface area contributed by atoms with E-state index in [1.165, 1.54) is 12.3 Å². The summed E-state index contributed by atoms with van der Waals surface area (Å²) in [5, 5.41) is 20.9. The van der Waals surface area contributed by atoms with E-state index in [0.717, 1.165) is 24.3 Å². The predicted octanol–water partition coefficient (Wildman–Crippen LogP) is 6.74. The number of fused-ring (bicyclic) bond motifs is 1. The second-order valence-corrected chi connectivity index (χ2v) is 11.2. The fourth-order valence-electron chi connectivity index (χ4n) is 3.84. The maximum Gasteiger partial charge on any atom is 0.420 e. The summed E-state index contributed by atoms with van der Waals surface area (Å²) in [5.41, 5.74) is -2.23. The molecule has 2 N–H and O–H groups in total. The first-order valence-electron chi connectivity index (χ1n) is 12.7. The van der Waals surface area contributed by atoms with E-state index in [1.54, 1.807) is 53.7 Å². The molecule has 1 heterocycles. The minimum Gasteiger partial charge on any atom is -0.455 e. The molecule has 41 heavy (non-hydrogen) atoms. The van der Waals surface area contributed by atoms with Gasteiger partial charge in [-0.25, -0.2) is 14.5 Å². The maximum atomic E-state index is 13.1. The molecule has 0 spiro atoms. The molecule has 0 aliphatic heterocycles. The highest BCUT2D eigenvalue weighted by Gasteiger charge is 2.33. The molecule has 0 fully saturated rings. The molecule has 2 aromatic carbocycles. The summed E-state index contributed by atoms with van der Waals surface area (Å²) in [4.78, 5) is 31.3. The number of benzene rings is 2. The smallest absolute Gasteiger partial charge is 0.420 e. The lowest BCUT2D eigenvalue weighted by Crippen LogP contribution is -2.43. The highest BCUT2D eigenvalue weighted by Crippen LogP contribution is 2.38. The van der Waals surface area contributed by atoms with Crippen LogP contribution in [0.5, 0.6) is 11.5 Å². The minimum atomic E-state index is -4.53. The molecule has 9 nitrogen and oxygen atoms in total. The minimum absolute atomic E-state index is 0.0579. The average molecular weight is 579 g/mol. The molecule has 1 unspecified atom stereocenters. The van der Waals surface area contributed by atoms with Crippen LogP contribution in [0.2, 0.25) is 0 Å². The lowest BCUT2D eigenvalue weighted by Gasteiger charge is -2.29. The number of hydrogen-bond acceptors (Lipinski definition) is 8. The van der Waals surface area contributed by atoms with E-state index >= 15 is 0 Å². The van der Waals surface area contributed by atoms with Crippen LogP contribution >= 0.6 is 0 Å². The SMILES string of the molecule is CC(C)(C)OC(=O)N(Cc1cc(Oc2ccc(C(F)(F)F)cc2)c2ncccc2c1C(O)CO)C(=O)OC(C)(C)C. The Balaban J connectivity index is 2.17. The van der Waals surface area contributed by atoms with E-state index in [1.807, 2.05) is 0 Å². The van der Waals surface area contributed by atoms with E-state index in [-0.39, 0.29) is 28.1 Å². The van der Waals surface area contributed by atoms with Crippen molar-refractivity contribution in [3.05, 3.63) is 65.4 Å². The number of pyridine rings is 1. The van der Waals surface area contributed by atoms with Gasteiger partial charge in [-0.3, -0.25) is 4.98 Å². The Hall–Kier alpha value is -3.90. The molecule has 0 bridgehead atoms. The van der Waals surface area contributed by atoms with Crippen molar-refractivity contribution in [1.82, 2.24) is 9.88 Å². The highest BCUT2D eigenvalue weighted by atomic mass is 19.4. The van der Waals surface area contributed by atoms with Crippen molar-refractivity contribution in [2.75, 3.05) is 6.61 Å². The summed E-state index contributed by atoms with van der Waals surface area (Å²) in [6.07, 6.45) is -6.57. The molecule has 2 amide bonds. The zero-order valence-electron chi connectivity index (χ0n) is 23.6. The summed E-state index contributed by atoms with van der Waals surface area (Å²) >= 11 is 0. The zero-order valence-corrected chi connectivity index (χ0v) is 23.6. The summed E-state index contributed by atoms with van der Waals surface area (Å²) in [6, 6.07) is 8.56. The third kappa shape index (κ3) is 8.30. The van der Waals surface area contributed by atoms with Gasteiger partial charge in [-0.1, -0.05) is 6.07 Å². The molecular weight excluding hydrogens is 545 g/mol. The van der Waals surface area contributed by atoms with Gasteiger partial charge in [0.1, 0.15) is 28.6 Å². The van der Waals surface area contributed by atoms with E-state index in [9.17, 15) is 33.0 Å². The van der Waals surface area contributed by atoms with Crippen LogP contribution in [-0.4, -0.2) is 50.1 Å². The third-order valence-corrected chi connectivity index (χ3v) is 5.45. The molecule has 3 rings (SSSR count). The summed E-state index contributed by atoms with van der Waals surface area (Å²) in [5.74, 6) is 0.125. The van der Waals surface area contributed by atoms with Gasteiger partial charge in [0.05, 0.1) is 18.7 Å². The van der Waals surface area contributed by atoms with Crippen molar-refractivity contribution in [3.63, 3.8) is 0 Å². The first-order valence-corrected chi connectivity index (χ1v) is 12.7. The van der Waals surface area contributed by atoms with Gasteiger partial charge >= 0.3 is 18.4 Å². The number of hydrogen-bond donors (Lipinski definition) is 2. The van der Waals surface area contributed by atoms with Crippen LogP contribution in [0, 0.1) is 0 Å². The van der Waals surface area contributed by atoms with Crippen LogP contribution in [0.4, 0.5) is 22.8 Å². The fraction of sp³-hybridized carbons (Fsp3) is 0.414. The highest BCUT2D eigenvalue weighted by molar-refractivity contribution is 5.91. The van der Waals surface area contributed by atoms with E-state index < -0.39 is 54.4 Å². The molecule has 0 saturated carbocycles. The molecule has 1 atom stereocenters. The van der Waals surface area contributed by atoms with Crippen LogP contribution in [0.1, 0.15) is 64.3 Å². The Labute approximate surface area is 235 Å². The van der Waals surface area contributed by atoms with Crippen molar-refractivity contribution in [3.8, 4) is 11.5 Å². The second-order valence-electron chi connectivity index (χ2n) is 11.2. The third-order valence-electron chi connectivity index (χ3n) is 5.45. The number of aromatic nitrogens is 1. The molecule has 1 aromatic heterocycles. The number of imide groups is 1. The van der Waals surface area contributed by atoms with E-state index in [4.69, 9.17) is 14.2 Å². The normalized spacial score (nSPS) is 13.0. The molecule has 222 valence electrons. The number of ether oxygens (including phenoxy) is 3. The second kappa shape index (κ2) is 11.9. The van der Waals surface area contributed by atoms with Crippen molar-refractivity contribution in [2.24, 2.45) is 0 Å². The van der Waals surface area contributed by atoms with Crippen molar-refractivity contribution >= 4 is 23.1 Å². The largest absolute Gasteiger partial charge is 0.455 e. The van der Waals surface area contributed by atoms with Crippen LogP contribution in [-0.2, 0) is 22.2 Å². The number of carbonyl (C=O) groups is 2. The molecule has 0 aliphatic carbocycles. The van der Waals surface area contributed by atoms with Gasteiger partial charge < -0.3 is 24.4 Å². The topological polar surface area (TPSA) is 118 Å². The van der Waals surface area contributed by atoms with Crippen LogP contribution in [0.15, 0.2) is 48.7 Å². The Kier molecular flexibility index (Phi) is 9.19. The number of aliphatic hydroxyl groups excluding tert-OH is 2. The Morgan fingerprint density at radius 1 is 0.951 bits per heavy atom. The number of carbonyl (C=O) groups excluding carboxylic acids is 2. The maximum absolute atomic E-state index is 13.1.